The number of anilines is 1. The van der Waals surface area contributed by atoms with Gasteiger partial charge < -0.3 is 10.1 Å². The first-order chi connectivity index (χ1) is 11.0. The molecule has 23 heavy (non-hydrogen) atoms. The molecular weight excluding hydrogens is 292 g/mol. The number of hydrogen-bond donors (Lipinski definition) is 1. The van der Waals surface area contributed by atoms with Crippen LogP contribution in [0, 0.1) is 6.92 Å². The van der Waals surface area contributed by atoms with Gasteiger partial charge in [-0.15, -0.1) is 0 Å². The van der Waals surface area contributed by atoms with E-state index in [1.54, 1.807) is 18.0 Å². The molecule has 2 aromatic heterocycles. The zero-order valence-corrected chi connectivity index (χ0v) is 13.5. The highest BCUT2D eigenvalue weighted by molar-refractivity contribution is 5.96. The molecule has 0 aliphatic rings. The quantitative estimate of drug-likeness (QED) is 0.807. The van der Waals surface area contributed by atoms with Crippen LogP contribution in [0.25, 0.3) is 22.2 Å². The molecule has 0 aliphatic heterocycles. The van der Waals surface area contributed by atoms with E-state index in [2.05, 4.69) is 10.4 Å². The van der Waals surface area contributed by atoms with Crippen LogP contribution in [0.2, 0.25) is 0 Å². The van der Waals surface area contributed by atoms with Crippen LogP contribution in [-0.4, -0.2) is 27.8 Å². The average molecular weight is 310 g/mol. The Labute approximate surface area is 134 Å². The van der Waals surface area contributed by atoms with Crippen molar-refractivity contribution in [1.29, 1.82) is 0 Å². The number of carbonyl (C=O) groups excluding carboxylic acids is 1. The number of nitrogens with one attached hydrogen (secondary N) is 1. The summed E-state index contributed by atoms with van der Waals surface area (Å²) in [5.41, 5.74) is 4.30. The number of carbonyl (C=O) groups is 1. The van der Waals surface area contributed by atoms with Crippen molar-refractivity contribution >= 4 is 22.5 Å². The van der Waals surface area contributed by atoms with Crippen LogP contribution in [0.1, 0.15) is 12.5 Å². The molecule has 6 nitrogen and oxygen atoms in total. The van der Waals surface area contributed by atoms with Gasteiger partial charge in [0.25, 0.3) is 0 Å². The van der Waals surface area contributed by atoms with Crippen LogP contribution in [0.4, 0.5) is 5.69 Å². The number of amides is 1. The number of benzene rings is 1. The smallest absolute Gasteiger partial charge is 0.221 e. The molecule has 6 heteroatoms. The first-order valence-corrected chi connectivity index (χ1v) is 7.24. The summed E-state index contributed by atoms with van der Waals surface area (Å²) in [6.45, 7) is 3.50. The van der Waals surface area contributed by atoms with Gasteiger partial charge in [0.15, 0.2) is 0 Å². The third-order valence-electron chi connectivity index (χ3n) is 3.65. The van der Waals surface area contributed by atoms with Crippen molar-refractivity contribution in [2.24, 2.45) is 7.05 Å². The lowest BCUT2D eigenvalue weighted by Crippen LogP contribution is -2.07. The highest BCUT2D eigenvalue weighted by atomic mass is 16.5. The van der Waals surface area contributed by atoms with Crippen molar-refractivity contribution in [3.63, 3.8) is 0 Å². The van der Waals surface area contributed by atoms with E-state index in [1.165, 1.54) is 6.92 Å². The Hall–Kier alpha value is -2.89. The van der Waals surface area contributed by atoms with Gasteiger partial charge in [-0.2, -0.15) is 5.10 Å². The van der Waals surface area contributed by atoms with E-state index in [4.69, 9.17) is 9.72 Å². The van der Waals surface area contributed by atoms with Crippen molar-refractivity contribution < 1.29 is 9.53 Å². The van der Waals surface area contributed by atoms with Gasteiger partial charge >= 0.3 is 0 Å². The normalized spacial score (nSPS) is 10.8. The Morgan fingerprint density at radius 1 is 1.30 bits per heavy atom. The molecule has 0 bridgehead atoms. The monoisotopic (exact) mass is 310 g/mol. The minimum Gasteiger partial charge on any atom is -0.495 e. The van der Waals surface area contributed by atoms with Crippen molar-refractivity contribution in [1.82, 2.24) is 14.8 Å². The molecule has 1 N–H and O–H groups in total. The summed E-state index contributed by atoms with van der Waals surface area (Å²) in [4.78, 5) is 16.1. The maximum Gasteiger partial charge on any atom is 0.221 e. The topological polar surface area (TPSA) is 69.0 Å². The zero-order chi connectivity index (χ0) is 16.6. The van der Waals surface area contributed by atoms with E-state index in [0.29, 0.717) is 11.4 Å². The van der Waals surface area contributed by atoms with E-state index in [0.717, 1.165) is 27.7 Å². The Morgan fingerprint density at radius 3 is 2.70 bits per heavy atom. The fourth-order valence-corrected chi connectivity index (χ4v) is 2.58. The number of nitrogens with zero attached hydrogens (tertiary/aromatic N) is 3. The van der Waals surface area contributed by atoms with Crippen molar-refractivity contribution in [2.45, 2.75) is 13.8 Å². The second kappa shape index (κ2) is 5.72. The summed E-state index contributed by atoms with van der Waals surface area (Å²) in [5, 5.41) is 7.96. The molecule has 0 aliphatic carbocycles. The molecule has 0 spiro atoms. The molecule has 1 aromatic carbocycles. The van der Waals surface area contributed by atoms with Crippen LogP contribution in [0.15, 0.2) is 30.6 Å². The summed E-state index contributed by atoms with van der Waals surface area (Å²) in [6.07, 6.45) is 3.71. The first kappa shape index (κ1) is 15.0. The summed E-state index contributed by atoms with van der Waals surface area (Å²) >= 11 is 0. The molecule has 118 valence electrons. The molecule has 0 radical (unpaired) electrons. The highest BCUT2D eigenvalue weighted by Gasteiger charge is 2.12. The van der Waals surface area contributed by atoms with Crippen molar-refractivity contribution in [3.8, 4) is 17.0 Å². The Balaban J connectivity index is 2.20. The lowest BCUT2D eigenvalue weighted by atomic mass is 10.1. The average Bonchev–Trinajstić information content (AvgIpc) is 2.92. The van der Waals surface area contributed by atoms with Crippen LogP contribution in [0.3, 0.4) is 0 Å². The van der Waals surface area contributed by atoms with E-state index < -0.39 is 0 Å². The fourth-order valence-electron chi connectivity index (χ4n) is 2.58. The largest absolute Gasteiger partial charge is 0.495 e. The SMILES string of the molecule is COc1cc2c(C)cc(-c3cnn(C)c3)nc2cc1NC(C)=O. The second-order valence-corrected chi connectivity index (χ2v) is 5.48. The van der Waals surface area contributed by atoms with Gasteiger partial charge in [-0.25, -0.2) is 4.98 Å². The molecule has 0 saturated heterocycles. The molecule has 1 amide bonds. The van der Waals surface area contributed by atoms with Crippen LogP contribution >= 0.6 is 0 Å². The molecule has 3 aromatic rings. The molecular formula is C17H18N4O2. The number of aryl methyl sites for hydroxylation is 2. The summed E-state index contributed by atoms with van der Waals surface area (Å²) in [6, 6.07) is 5.76. The lowest BCUT2D eigenvalue weighted by molar-refractivity contribution is -0.114. The standard InChI is InChI=1S/C17H18N4O2/c1-10-5-14(12-8-18-21(3)9-12)20-15-7-16(19-11(2)22)17(23-4)6-13(10)15/h5-9H,1-4H3,(H,19,22). The minimum atomic E-state index is -0.150. The van der Waals surface area contributed by atoms with E-state index >= 15 is 0 Å². The number of ether oxygens (including phenoxy) is 1. The molecule has 0 fully saturated rings. The van der Waals surface area contributed by atoms with E-state index in [1.807, 2.05) is 38.4 Å². The number of aromatic nitrogens is 3. The third kappa shape index (κ3) is 2.88. The van der Waals surface area contributed by atoms with Gasteiger partial charge in [0.1, 0.15) is 5.75 Å². The van der Waals surface area contributed by atoms with Gasteiger partial charge in [-0.1, -0.05) is 0 Å². The number of hydrogen-bond acceptors (Lipinski definition) is 4. The summed E-state index contributed by atoms with van der Waals surface area (Å²) < 4.78 is 7.12. The van der Waals surface area contributed by atoms with Crippen LogP contribution in [0.5, 0.6) is 5.75 Å². The van der Waals surface area contributed by atoms with Crippen LogP contribution < -0.4 is 10.1 Å². The molecule has 3 rings (SSSR count). The maximum absolute atomic E-state index is 11.4. The van der Waals surface area contributed by atoms with Crippen molar-refractivity contribution in [3.05, 3.63) is 36.2 Å². The summed E-state index contributed by atoms with van der Waals surface area (Å²) in [7, 11) is 3.45. The lowest BCUT2D eigenvalue weighted by Gasteiger charge is -2.12. The van der Waals surface area contributed by atoms with Gasteiger partial charge in [-0.05, 0) is 30.7 Å². The zero-order valence-electron chi connectivity index (χ0n) is 13.5. The summed E-state index contributed by atoms with van der Waals surface area (Å²) in [5.74, 6) is 0.467. The van der Waals surface area contributed by atoms with Gasteiger partial charge in [0, 0.05) is 31.1 Å². The third-order valence-corrected chi connectivity index (χ3v) is 3.65. The molecule has 0 unspecified atom stereocenters. The molecule has 2 heterocycles. The number of pyridine rings is 1. The second-order valence-electron chi connectivity index (χ2n) is 5.48. The number of fused-ring (bicyclic) bond motifs is 1. The predicted octanol–water partition coefficient (Wildman–Crippen LogP) is 2.91. The first-order valence-electron chi connectivity index (χ1n) is 7.24. The maximum atomic E-state index is 11.4. The predicted molar refractivity (Wildman–Crippen MR) is 89.5 cm³/mol. The fraction of sp³-hybridized carbons (Fsp3) is 0.235. The Bertz CT molecular complexity index is 899. The number of methoxy groups -OCH3 is 1. The molecule has 0 saturated carbocycles. The number of rotatable bonds is 3. The van der Waals surface area contributed by atoms with E-state index in [9.17, 15) is 4.79 Å². The molecule has 0 atom stereocenters. The minimum absolute atomic E-state index is 0.150. The highest BCUT2D eigenvalue weighted by Crippen LogP contribution is 2.33. The Morgan fingerprint density at radius 2 is 2.09 bits per heavy atom. The van der Waals surface area contributed by atoms with E-state index in [-0.39, 0.29) is 5.91 Å². The van der Waals surface area contributed by atoms with Gasteiger partial charge in [0.2, 0.25) is 5.91 Å². The van der Waals surface area contributed by atoms with Crippen LogP contribution in [-0.2, 0) is 11.8 Å². The van der Waals surface area contributed by atoms with Crippen molar-refractivity contribution in [2.75, 3.05) is 12.4 Å². The van der Waals surface area contributed by atoms with Gasteiger partial charge in [0.05, 0.1) is 30.2 Å². The van der Waals surface area contributed by atoms with Gasteiger partial charge in [-0.3, -0.25) is 9.48 Å². The Kier molecular flexibility index (Phi) is 3.73.